The molecule has 0 saturated carbocycles. The number of fused-ring (bicyclic) bond motifs is 1. The lowest BCUT2D eigenvalue weighted by atomic mass is 9.84. The largest absolute Gasteiger partial charge is 0.497 e. The molecule has 0 spiro atoms. The summed E-state index contributed by atoms with van der Waals surface area (Å²) in [6, 6.07) is 22.6. The third-order valence-electron chi connectivity index (χ3n) is 9.14. The fourth-order valence-electron chi connectivity index (χ4n) is 5.86. The summed E-state index contributed by atoms with van der Waals surface area (Å²) in [5.41, 5.74) is 6.11. The van der Waals surface area contributed by atoms with Gasteiger partial charge in [-0.3, -0.25) is 19.2 Å². The molecule has 0 bridgehead atoms. The van der Waals surface area contributed by atoms with E-state index in [1.54, 1.807) is 7.11 Å². The number of ether oxygens (including phenoxy) is 1. The van der Waals surface area contributed by atoms with Gasteiger partial charge in [-0.25, -0.2) is 4.68 Å². The number of hydrogen-bond donors (Lipinski definition) is 3. The predicted octanol–water partition coefficient (Wildman–Crippen LogP) is 6.60. The van der Waals surface area contributed by atoms with Gasteiger partial charge in [-0.2, -0.15) is 5.10 Å². The monoisotopic (exact) mass is 694 g/mol. The van der Waals surface area contributed by atoms with Gasteiger partial charge in [0.1, 0.15) is 11.8 Å². The Morgan fingerprint density at radius 2 is 1.59 bits per heavy atom. The average Bonchev–Trinajstić information content (AvgIpc) is 3.51. The molecule has 3 aromatic carbocycles. The number of amides is 2. The second-order valence-electron chi connectivity index (χ2n) is 13.5. The molecule has 0 aliphatic heterocycles. The number of aliphatic carboxylic acids is 1. The fraction of sp³-hybridized carbons (Fsp3) is 0.390. The first-order valence-corrected chi connectivity index (χ1v) is 17.6. The number of carbonyl (C=O) groups excluding carboxylic acids is 3. The zero-order valence-electron chi connectivity index (χ0n) is 30.4. The summed E-state index contributed by atoms with van der Waals surface area (Å²) in [4.78, 5) is 51.5. The molecule has 51 heavy (non-hydrogen) atoms. The number of benzene rings is 3. The third-order valence-corrected chi connectivity index (χ3v) is 9.14. The van der Waals surface area contributed by atoms with E-state index in [2.05, 4.69) is 31.4 Å². The summed E-state index contributed by atoms with van der Waals surface area (Å²) in [6.07, 6.45) is 2.81. The Balaban J connectivity index is 0.00000109. The summed E-state index contributed by atoms with van der Waals surface area (Å²) in [5, 5.41) is 19.9. The Hall–Kier alpha value is -5.25. The van der Waals surface area contributed by atoms with Crippen LogP contribution in [0, 0.1) is 12.8 Å². The number of nitrogens with one attached hydrogen (secondary N) is 2. The van der Waals surface area contributed by atoms with Crippen molar-refractivity contribution in [1.29, 1.82) is 0 Å². The van der Waals surface area contributed by atoms with Gasteiger partial charge in [0.05, 0.1) is 42.6 Å². The lowest BCUT2D eigenvalue weighted by Gasteiger charge is -2.25. The Morgan fingerprint density at radius 1 is 0.941 bits per heavy atom. The van der Waals surface area contributed by atoms with E-state index in [0.717, 1.165) is 39.6 Å². The molecule has 2 amide bonds. The quantitative estimate of drug-likeness (QED) is 0.143. The molecule has 270 valence electrons. The average molecular weight is 695 g/mol. The first-order valence-electron chi connectivity index (χ1n) is 17.6. The Morgan fingerprint density at radius 3 is 2.16 bits per heavy atom. The Labute approximate surface area is 300 Å². The van der Waals surface area contributed by atoms with Gasteiger partial charge in [0.2, 0.25) is 11.8 Å². The summed E-state index contributed by atoms with van der Waals surface area (Å²) in [7, 11) is 1.60. The normalized spacial score (nSPS) is 14.7. The van der Waals surface area contributed by atoms with Gasteiger partial charge >= 0.3 is 5.97 Å². The van der Waals surface area contributed by atoms with E-state index in [9.17, 15) is 24.3 Å². The number of carbonyl (C=O) groups is 4. The van der Waals surface area contributed by atoms with Crippen molar-refractivity contribution in [3.05, 3.63) is 101 Å². The SMILES string of the molecule is CCC(C)C.COc1ccc(-n2nc3c(c2-c2ccc(C)cc2)CCCC3C(=O)NC(CC(=O)O)C(=O)NC(Cc2ccccc2)C(C)=O)cc1. The molecule has 0 saturated heterocycles. The van der Waals surface area contributed by atoms with Crippen molar-refractivity contribution in [1.82, 2.24) is 20.4 Å². The number of rotatable bonds is 13. The van der Waals surface area contributed by atoms with Crippen molar-refractivity contribution in [2.45, 2.75) is 91.1 Å². The van der Waals surface area contributed by atoms with Crippen LogP contribution in [0.4, 0.5) is 0 Å². The molecule has 1 heterocycles. The molecule has 3 N–H and O–H groups in total. The van der Waals surface area contributed by atoms with E-state index in [4.69, 9.17) is 9.84 Å². The van der Waals surface area contributed by atoms with Crippen molar-refractivity contribution in [2.24, 2.45) is 5.92 Å². The van der Waals surface area contributed by atoms with E-state index in [-0.39, 0.29) is 12.2 Å². The van der Waals surface area contributed by atoms with Gasteiger partial charge in [0.15, 0.2) is 5.78 Å². The highest BCUT2D eigenvalue weighted by atomic mass is 16.5. The number of methoxy groups -OCH3 is 1. The van der Waals surface area contributed by atoms with E-state index < -0.39 is 42.2 Å². The van der Waals surface area contributed by atoms with Gasteiger partial charge in [-0.05, 0) is 75.3 Å². The van der Waals surface area contributed by atoms with Gasteiger partial charge in [0.25, 0.3) is 0 Å². The third kappa shape index (κ3) is 10.4. The van der Waals surface area contributed by atoms with Crippen molar-refractivity contribution in [3.8, 4) is 22.7 Å². The summed E-state index contributed by atoms with van der Waals surface area (Å²) in [6.45, 7) is 10.0. The number of aryl methyl sites for hydroxylation is 1. The van der Waals surface area contributed by atoms with Gasteiger partial charge in [-0.1, -0.05) is 87.4 Å². The maximum atomic E-state index is 13.9. The molecule has 4 aromatic rings. The fourth-order valence-corrected chi connectivity index (χ4v) is 5.86. The lowest BCUT2D eigenvalue weighted by molar-refractivity contribution is -0.141. The number of hydrogen-bond acceptors (Lipinski definition) is 6. The highest BCUT2D eigenvalue weighted by Gasteiger charge is 2.36. The zero-order chi connectivity index (χ0) is 37.1. The summed E-state index contributed by atoms with van der Waals surface area (Å²) >= 11 is 0. The topological polar surface area (TPSA) is 140 Å². The smallest absolute Gasteiger partial charge is 0.305 e. The zero-order valence-corrected chi connectivity index (χ0v) is 30.4. The van der Waals surface area contributed by atoms with Crippen LogP contribution in [-0.4, -0.2) is 57.6 Å². The molecule has 10 heteroatoms. The minimum Gasteiger partial charge on any atom is -0.497 e. The maximum Gasteiger partial charge on any atom is 0.305 e. The number of ketones is 1. The van der Waals surface area contributed by atoms with Crippen molar-refractivity contribution >= 4 is 23.6 Å². The standard InChI is InChI=1S/C36H38N4O6.C5H12/c1-22-12-14-25(15-13-22)34-28-10-7-11-29(33(28)39-40(34)26-16-18-27(46-3)19-17-26)35(44)38-31(21-32(42)43)36(45)37-30(23(2)41)20-24-8-5-4-6-9-24;1-4-5(2)3/h4-6,8-9,12-19,29-31H,7,10-11,20-21H2,1-3H3,(H,37,45)(H,38,44)(H,42,43);5H,4H2,1-3H3. The number of carboxylic acid groups (broad SMARTS) is 1. The van der Waals surface area contributed by atoms with E-state index >= 15 is 0 Å². The summed E-state index contributed by atoms with van der Waals surface area (Å²) in [5.74, 6) is -1.86. The molecule has 3 atom stereocenters. The second kappa shape index (κ2) is 18.1. The van der Waals surface area contributed by atoms with Crippen LogP contribution < -0.4 is 15.4 Å². The minimum atomic E-state index is -1.38. The molecule has 1 aliphatic rings. The molecule has 5 rings (SSSR count). The van der Waals surface area contributed by atoms with Crippen molar-refractivity contribution in [2.75, 3.05) is 7.11 Å². The molecule has 0 fully saturated rings. The van der Waals surface area contributed by atoms with Crippen LogP contribution in [-0.2, 0) is 32.0 Å². The minimum absolute atomic E-state index is 0.242. The molecule has 1 aromatic heterocycles. The predicted molar refractivity (Wildman–Crippen MR) is 198 cm³/mol. The van der Waals surface area contributed by atoms with Crippen LogP contribution >= 0.6 is 0 Å². The number of carboxylic acids is 1. The molecular weight excluding hydrogens is 644 g/mol. The Kier molecular flexibility index (Phi) is 13.7. The van der Waals surface area contributed by atoms with Gasteiger partial charge in [0, 0.05) is 11.1 Å². The highest BCUT2D eigenvalue weighted by Crippen LogP contribution is 2.39. The van der Waals surface area contributed by atoms with E-state index in [1.165, 1.54) is 13.3 Å². The van der Waals surface area contributed by atoms with Gasteiger partial charge in [-0.15, -0.1) is 0 Å². The number of Topliss-reactive ketones (excluding diaryl/α,β-unsaturated/α-hetero) is 1. The molecule has 1 aliphatic carbocycles. The molecule has 10 nitrogen and oxygen atoms in total. The van der Waals surface area contributed by atoms with Crippen LogP contribution in [0.25, 0.3) is 16.9 Å². The first kappa shape index (κ1) is 38.6. The number of nitrogens with zero attached hydrogens (tertiary/aromatic N) is 2. The van der Waals surface area contributed by atoms with Crippen molar-refractivity contribution < 1.29 is 29.0 Å². The van der Waals surface area contributed by atoms with Crippen LogP contribution in [0.3, 0.4) is 0 Å². The second-order valence-corrected chi connectivity index (χ2v) is 13.5. The van der Waals surface area contributed by atoms with Crippen LogP contribution in [0.1, 0.15) is 81.7 Å². The van der Waals surface area contributed by atoms with Crippen LogP contribution in [0.2, 0.25) is 0 Å². The Bertz CT molecular complexity index is 1780. The van der Waals surface area contributed by atoms with Gasteiger partial charge < -0.3 is 20.5 Å². The molecular formula is C41H50N4O6. The maximum absolute atomic E-state index is 13.9. The van der Waals surface area contributed by atoms with Crippen LogP contribution in [0.15, 0.2) is 78.9 Å². The highest BCUT2D eigenvalue weighted by molar-refractivity contribution is 5.95. The van der Waals surface area contributed by atoms with E-state index in [1.807, 2.05) is 90.5 Å². The number of aromatic nitrogens is 2. The van der Waals surface area contributed by atoms with Crippen LogP contribution in [0.5, 0.6) is 5.75 Å². The molecule has 0 radical (unpaired) electrons. The first-order chi connectivity index (χ1) is 24.4. The lowest BCUT2D eigenvalue weighted by Crippen LogP contribution is -2.53. The van der Waals surface area contributed by atoms with Crippen molar-refractivity contribution in [3.63, 3.8) is 0 Å². The molecule has 3 unspecified atom stereocenters. The van der Waals surface area contributed by atoms with E-state index in [0.29, 0.717) is 30.7 Å². The summed E-state index contributed by atoms with van der Waals surface area (Å²) < 4.78 is 7.17.